The molecule has 0 saturated heterocycles. The molecule has 0 aliphatic carbocycles. The minimum absolute atomic E-state index is 1.29. The van der Waals surface area contributed by atoms with Crippen molar-refractivity contribution in [1.82, 2.24) is 0 Å². The van der Waals surface area contributed by atoms with Crippen molar-refractivity contribution in [2.24, 2.45) is 0 Å². The Morgan fingerprint density at radius 3 is 1.90 bits per heavy atom. The van der Waals surface area contributed by atoms with Gasteiger partial charge in [0.15, 0.2) is 0 Å². The number of rotatable bonds is 0. The maximum atomic E-state index is 4.60. The van der Waals surface area contributed by atoms with Crippen molar-refractivity contribution in [3.8, 4) is 11.0 Å². The number of halogens is 1. The van der Waals surface area contributed by atoms with Crippen molar-refractivity contribution in [3.05, 3.63) is 33.9 Å². The summed E-state index contributed by atoms with van der Waals surface area (Å²) >= 11 is 3.93. The molecular formula is C8H6ILi. The van der Waals surface area contributed by atoms with Gasteiger partial charge in [0.05, 0.1) is 0 Å². The second-order valence-corrected chi connectivity index (χ2v) is 2.83. The molecule has 1 aromatic carbocycles. The van der Waals surface area contributed by atoms with E-state index in [1.54, 1.807) is 17.7 Å². The molecule has 0 aromatic heterocycles. The molecule has 10 heavy (non-hydrogen) atoms. The van der Waals surface area contributed by atoms with E-state index in [9.17, 15) is 0 Å². The number of hydrogen-bond donors (Lipinski definition) is 0. The Kier molecular flexibility index (Phi) is 7.29. The molecule has 2 heteroatoms. The topological polar surface area (TPSA) is 0 Å². The quantitative estimate of drug-likeness (QED) is 0.367. The van der Waals surface area contributed by atoms with Gasteiger partial charge in [0.25, 0.3) is 0 Å². The third-order valence-electron chi connectivity index (χ3n) is 0.733. The van der Waals surface area contributed by atoms with Gasteiger partial charge in [-0.3, -0.25) is 0 Å². The second-order valence-electron chi connectivity index (χ2n) is 1.58. The van der Waals surface area contributed by atoms with Gasteiger partial charge in [0.2, 0.25) is 0 Å². The Bertz CT molecular complexity index is 200. The maximum absolute atomic E-state index is 4.60. The number of hydrogen-bond acceptors (Lipinski definition) is 0. The van der Waals surface area contributed by atoms with Gasteiger partial charge in [0, 0.05) is 3.57 Å². The SMILES string of the molecule is Ic1ccccc1.[Li][C]#C. The molecule has 0 heterocycles. The summed E-state index contributed by atoms with van der Waals surface area (Å²) in [5, 5.41) is 0. The zero-order valence-electron chi connectivity index (χ0n) is 5.84. The molecular weight excluding hydrogens is 230 g/mol. The molecule has 0 bridgehead atoms. The number of terminal acetylenes is 1. The van der Waals surface area contributed by atoms with Crippen molar-refractivity contribution in [2.45, 2.75) is 0 Å². The summed E-state index contributed by atoms with van der Waals surface area (Å²) in [7, 11) is 0. The van der Waals surface area contributed by atoms with E-state index in [0.29, 0.717) is 0 Å². The normalized spacial score (nSPS) is 7.00. The summed E-state index contributed by atoms with van der Waals surface area (Å²) in [5.41, 5.74) is 0. The van der Waals surface area contributed by atoms with E-state index in [2.05, 4.69) is 45.7 Å². The molecule has 0 nitrogen and oxygen atoms in total. The van der Waals surface area contributed by atoms with Crippen LogP contribution in [0.15, 0.2) is 30.3 Å². The van der Waals surface area contributed by atoms with Gasteiger partial charge in [0.1, 0.15) is 0 Å². The fraction of sp³-hybridized carbons (Fsp3) is 0. The number of benzene rings is 1. The summed E-state index contributed by atoms with van der Waals surface area (Å²) in [6.07, 6.45) is 4.60. The van der Waals surface area contributed by atoms with Crippen molar-refractivity contribution < 1.29 is 0 Å². The zero-order chi connectivity index (χ0) is 7.82. The van der Waals surface area contributed by atoms with E-state index in [1.165, 1.54) is 3.57 Å². The van der Waals surface area contributed by atoms with Crippen LogP contribution in [0, 0.1) is 14.6 Å². The van der Waals surface area contributed by atoms with Crippen LogP contribution in [0.5, 0.6) is 0 Å². The van der Waals surface area contributed by atoms with Crippen molar-refractivity contribution in [3.63, 3.8) is 0 Å². The van der Waals surface area contributed by atoms with E-state index in [-0.39, 0.29) is 0 Å². The van der Waals surface area contributed by atoms with Gasteiger partial charge in [-0.25, -0.2) is 0 Å². The van der Waals surface area contributed by atoms with Gasteiger partial charge < -0.3 is 0 Å². The van der Waals surface area contributed by atoms with Gasteiger partial charge in [-0.1, -0.05) is 18.2 Å². The molecule has 0 spiro atoms. The fourth-order valence-corrected chi connectivity index (χ4v) is 0.830. The van der Waals surface area contributed by atoms with Crippen LogP contribution in [0.4, 0.5) is 0 Å². The van der Waals surface area contributed by atoms with Crippen LogP contribution in [0.25, 0.3) is 0 Å². The second kappa shape index (κ2) is 7.22. The third-order valence-corrected chi connectivity index (χ3v) is 1.45. The Balaban J connectivity index is 0.000000236. The van der Waals surface area contributed by atoms with Crippen molar-refractivity contribution >= 4 is 40.3 Å². The third kappa shape index (κ3) is 6.23. The van der Waals surface area contributed by atoms with Crippen LogP contribution in [-0.4, -0.2) is 17.7 Å². The van der Waals surface area contributed by atoms with Gasteiger partial charge in [-0.05, 0) is 34.7 Å². The van der Waals surface area contributed by atoms with Crippen LogP contribution in [0.1, 0.15) is 0 Å². The predicted octanol–water partition coefficient (Wildman–Crippen LogP) is 2.04. The molecule has 46 valence electrons. The standard InChI is InChI=1S/C6H5I.C2H.Li/c7-6-4-2-1-3-5-6;1-2;/h1-5H;1H;. The monoisotopic (exact) mass is 236 g/mol. The van der Waals surface area contributed by atoms with E-state index < -0.39 is 0 Å². The molecule has 0 fully saturated rings. The summed E-state index contributed by atoms with van der Waals surface area (Å²) in [4.78, 5) is 0. The van der Waals surface area contributed by atoms with Crippen LogP contribution in [-0.2, 0) is 0 Å². The van der Waals surface area contributed by atoms with Crippen LogP contribution in [0.2, 0.25) is 0 Å². The Labute approximate surface area is 84.8 Å². The molecule has 0 atom stereocenters. The molecule has 0 N–H and O–H groups in total. The van der Waals surface area contributed by atoms with E-state index >= 15 is 0 Å². The van der Waals surface area contributed by atoms with E-state index in [1.807, 2.05) is 18.2 Å². The average molecular weight is 236 g/mol. The van der Waals surface area contributed by atoms with Gasteiger partial charge in [-0.15, -0.1) is 0 Å². The Hall–Kier alpha value is 0.107. The van der Waals surface area contributed by atoms with Crippen LogP contribution < -0.4 is 0 Å². The first-order valence-corrected chi connectivity index (χ1v) is 3.97. The molecule has 0 aliphatic heterocycles. The first kappa shape index (κ1) is 10.1. The zero-order valence-corrected chi connectivity index (χ0v) is 8.00. The average Bonchev–Trinajstić information content (AvgIpc) is 1.91. The van der Waals surface area contributed by atoms with E-state index in [4.69, 9.17) is 0 Å². The fourth-order valence-electron chi connectivity index (χ4n) is 0.415. The van der Waals surface area contributed by atoms with E-state index in [0.717, 1.165) is 0 Å². The first-order valence-electron chi connectivity index (χ1n) is 2.89. The first-order chi connectivity index (χ1) is 4.81. The van der Waals surface area contributed by atoms with Crippen LogP contribution >= 0.6 is 22.6 Å². The molecule has 0 aliphatic rings. The Morgan fingerprint density at radius 1 is 1.30 bits per heavy atom. The summed E-state index contributed by atoms with van der Waals surface area (Å²) < 4.78 is 3.54. The van der Waals surface area contributed by atoms with Crippen molar-refractivity contribution in [2.75, 3.05) is 0 Å². The molecule has 1 aromatic rings. The van der Waals surface area contributed by atoms with Gasteiger partial charge in [-0.2, -0.15) is 0 Å². The summed E-state index contributed by atoms with van der Waals surface area (Å²) in [6.45, 7) is 0. The minimum atomic E-state index is 1.29. The molecule has 0 unspecified atom stereocenters. The molecule has 1 rings (SSSR count). The predicted molar refractivity (Wildman–Crippen MR) is 53.7 cm³/mol. The summed E-state index contributed by atoms with van der Waals surface area (Å²) in [5.74, 6) is 0. The Morgan fingerprint density at radius 2 is 1.70 bits per heavy atom. The molecule has 0 saturated carbocycles. The van der Waals surface area contributed by atoms with Gasteiger partial charge >= 0.3 is 28.7 Å². The molecule has 0 radical (unpaired) electrons. The molecule has 0 amide bonds. The van der Waals surface area contributed by atoms with Crippen LogP contribution in [0.3, 0.4) is 0 Å². The van der Waals surface area contributed by atoms with Crippen molar-refractivity contribution in [1.29, 1.82) is 0 Å². The summed E-state index contributed by atoms with van der Waals surface area (Å²) in [6, 6.07) is 10.2.